The van der Waals surface area contributed by atoms with Crippen LogP contribution in [0.15, 0.2) is 83.9 Å². The number of thiophene rings is 1. The molecule has 39 heavy (non-hydrogen) atoms. The number of aromatic nitrogens is 4. The summed E-state index contributed by atoms with van der Waals surface area (Å²) in [4.78, 5) is 43.8. The molecule has 1 aromatic carbocycles. The molecule has 8 nitrogen and oxygen atoms in total. The van der Waals surface area contributed by atoms with Gasteiger partial charge in [0.15, 0.2) is 0 Å². The van der Waals surface area contributed by atoms with Gasteiger partial charge in [-0.3, -0.25) is 19.4 Å². The van der Waals surface area contributed by atoms with Gasteiger partial charge in [-0.15, -0.1) is 11.3 Å². The topological polar surface area (TPSA) is 98.9 Å². The van der Waals surface area contributed by atoms with Crippen molar-refractivity contribution in [2.75, 3.05) is 5.32 Å². The van der Waals surface area contributed by atoms with Crippen molar-refractivity contribution in [1.82, 2.24) is 19.3 Å². The van der Waals surface area contributed by atoms with Gasteiger partial charge < -0.3 is 9.88 Å². The highest BCUT2D eigenvalue weighted by Gasteiger charge is 2.21. The summed E-state index contributed by atoms with van der Waals surface area (Å²) in [6.45, 7) is 0.133. The van der Waals surface area contributed by atoms with E-state index in [1.165, 1.54) is 39.0 Å². The van der Waals surface area contributed by atoms with Crippen LogP contribution in [0.4, 0.5) is 5.82 Å². The average Bonchev–Trinajstić information content (AvgIpc) is 3.55. The SMILES string of the molecule is O=C(Cn1cc(-c2cc(NCc3ccc(Cl)s3)n(C(=O)c3ccccc3Cl)n2)c(Cl)cc1=O)c1ccccn1. The van der Waals surface area contributed by atoms with Crippen LogP contribution in [0.5, 0.6) is 0 Å². The van der Waals surface area contributed by atoms with Crippen LogP contribution in [0.3, 0.4) is 0 Å². The Labute approximate surface area is 241 Å². The molecule has 0 spiro atoms. The molecule has 0 fully saturated rings. The van der Waals surface area contributed by atoms with Crippen LogP contribution in [-0.4, -0.2) is 31.0 Å². The number of benzene rings is 1. The number of nitrogens with one attached hydrogen (secondary N) is 1. The molecule has 0 saturated heterocycles. The number of ketones is 1. The quantitative estimate of drug-likeness (QED) is 0.210. The van der Waals surface area contributed by atoms with Gasteiger partial charge >= 0.3 is 0 Å². The third-order valence-electron chi connectivity index (χ3n) is 5.69. The van der Waals surface area contributed by atoms with Crippen molar-refractivity contribution in [1.29, 1.82) is 0 Å². The van der Waals surface area contributed by atoms with Crippen LogP contribution < -0.4 is 10.9 Å². The first-order valence-corrected chi connectivity index (χ1v) is 13.5. The smallest absolute Gasteiger partial charge is 0.281 e. The maximum Gasteiger partial charge on any atom is 0.281 e. The molecule has 4 heterocycles. The van der Waals surface area contributed by atoms with Gasteiger partial charge in [-0.05, 0) is 36.4 Å². The molecule has 0 unspecified atom stereocenters. The van der Waals surface area contributed by atoms with E-state index in [1.807, 2.05) is 6.07 Å². The Kier molecular flexibility index (Phi) is 7.94. The first kappa shape index (κ1) is 26.8. The lowest BCUT2D eigenvalue weighted by atomic mass is 10.2. The predicted octanol–water partition coefficient (Wildman–Crippen LogP) is 6.31. The maximum atomic E-state index is 13.5. The van der Waals surface area contributed by atoms with Crippen LogP contribution in [0.2, 0.25) is 14.4 Å². The van der Waals surface area contributed by atoms with Gasteiger partial charge in [-0.1, -0.05) is 53.0 Å². The second kappa shape index (κ2) is 11.5. The van der Waals surface area contributed by atoms with Crippen molar-refractivity contribution in [3.63, 3.8) is 0 Å². The maximum absolute atomic E-state index is 13.5. The Bertz CT molecular complexity index is 1750. The van der Waals surface area contributed by atoms with Gasteiger partial charge in [-0.25, -0.2) is 0 Å². The zero-order valence-corrected chi connectivity index (χ0v) is 23.1. The highest BCUT2D eigenvalue weighted by Crippen LogP contribution is 2.30. The number of nitrogens with zero attached hydrogens (tertiary/aromatic N) is 4. The summed E-state index contributed by atoms with van der Waals surface area (Å²) in [5.74, 6) is -0.437. The number of halogens is 3. The van der Waals surface area contributed by atoms with E-state index in [0.29, 0.717) is 28.0 Å². The van der Waals surface area contributed by atoms with Crippen molar-refractivity contribution in [3.05, 3.63) is 120 Å². The minimum atomic E-state index is -0.465. The Morgan fingerprint density at radius 1 is 0.949 bits per heavy atom. The normalized spacial score (nSPS) is 10.9. The van der Waals surface area contributed by atoms with E-state index >= 15 is 0 Å². The lowest BCUT2D eigenvalue weighted by Gasteiger charge is -2.09. The van der Waals surface area contributed by atoms with Gasteiger partial charge in [0, 0.05) is 35.0 Å². The summed E-state index contributed by atoms with van der Waals surface area (Å²) < 4.78 is 3.06. The van der Waals surface area contributed by atoms with Gasteiger partial charge in [0.05, 0.1) is 38.7 Å². The molecule has 0 saturated carbocycles. The number of anilines is 1. The summed E-state index contributed by atoms with van der Waals surface area (Å²) in [5.41, 5.74) is 0.695. The van der Waals surface area contributed by atoms with Crippen molar-refractivity contribution in [2.45, 2.75) is 13.1 Å². The number of pyridine rings is 2. The third kappa shape index (κ3) is 5.97. The lowest BCUT2D eigenvalue weighted by Crippen LogP contribution is -2.24. The molecular weight excluding hydrogens is 581 g/mol. The molecule has 1 N–H and O–H groups in total. The van der Waals surface area contributed by atoms with Crippen LogP contribution in [0.25, 0.3) is 11.3 Å². The van der Waals surface area contributed by atoms with E-state index in [9.17, 15) is 14.4 Å². The van der Waals surface area contributed by atoms with E-state index < -0.39 is 11.5 Å². The summed E-state index contributed by atoms with van der Waals surface area (Å²) in [6.07, 6.45) is 2.95. The van der Waals surface area contributed by atoms with Crippen molar-refractivity contribution in [2.24, 2.45) is 0 Å². The molecule has 5 rings (SSSR count). The van der Waals surface area contributed by atoms with Gasteiger partial charge in [0.25, 0.3) is 11.5 Å². The minimum absolute atomic E-state index is 0.118. The molecule has 0 radical (unpaired) electrons. The number of hydrogen-bond acceptors (Lipinski definition) is 7. The van der Waals surface area contributed by atoms with E-state index in [-0.39, 0.29) is 33.6 Å². The Hall–Kier alpha value is -3.76. The number of hydrogen-bond donors (Lipinski definition) is 1. The highest BCUT2D eigenvalue weighted by molar-refractivity contribution is 7.16. The van der Waals surface area contributed by atoms with E-state index in [2.05, 4.69) is 15.4 Å². The summed E-state index contributed by atoms with van der Waals surface area (Å²) >= 11 is 20.2. The van der Waals surface area contributed by atoms with Crippen molar-refractivity contribution >= 4 is 63.6 Å². The second-order valence-electron chi connectivity index (χ2n) is 8.31. The Morgan fingerprint density at radius 3 is 2.46 bits per heavy atom. The van der Waals surface area contributed by atoms with E-state index in [4.69, 9.17) is 34.8 Å². The number of carbonyl (C=O) groups excluding carboxylic acids is 2. The van der Waals surface area contributed by atoms with E-state index in [0.717, 1.165) is 4.88 Å². The standard InChI is InChI=1S/C27H18Cl3N5O3S/c28-19-6-2-1-5-17(19)27(38)35-25(32-13-16-8-9-24(30)39-16)12-22(33-35)18-14-34(26(37)11-20(18)29)15-23(36)21-7-3-4-10-31-21/h1-12,14,32H,13,15H2. The van der Waals surface area contributed by atoms with Gasteiger partial charge in [0.2, 0.25) is 5.78 Å². The fourth-order valence-corrected chi connectivity index (χ4v) is 5.28. The number of carbonyl (C=O) groups is 2. The Morgan fingerprint density at radius 2 is 1.74 bits per heavy atom. The second-order valence-corrected chi connectivity index (χ2v) is 10.9. The molecule has 12 heteroatoms. The van der Waals surface area contributed by atoms with E-state index in [1.54, 1.807) is 54.6 Å². The van der Waals surface area contributed by atoms with Gasteiger partial charge in [0.1, 0.15) is 11.5 Å². The minimum Gasteiger partial charge on any atom is -0.365 e. The summed E-state index contributed by atoms with van der Waals surface area (Å²) in [5, 5.41) is 8.12. The van der Waals surface area contributed by atoms with Crippen LogP contribution in [0, 0.1) is 0 Å². The first-order valence-electron chi connectivity index (χ1n) is 11.5. The fourth-order valence-electron chi connectivity index (χ4n) is 3.79. The fraction of sp³-hybridized carbons (Fsp3) is 0.0741. The van der Waals surface area contributed by atoms with Crippen molar-refractivity contribution < 1.29 is 9.59 Å². The third-order valence-corrected chi connectivity index (χ3v) is 7.57. The predicted molar refractivity (Wildman–Crippen MR) is 153 cm³/mol. The summed E-state index contributed by atoms with van der Waals surface area (Å²) in [6, 6.07) is 18.1. The van der Waals surface area contributed by atoms with Crippen molar-refractivity contribution in [3.8, 4) is 11.3 Å². The summed E-state index contributed by atoms with van der Waals surface area (Å²) in [7, 11) is 0. The molecule has 0 atom stereocenters. The molecule has 0 aliphatic rings. The molecule has 4 aromatic heterocycles. The highest BCUT2D eigenvalue weighted by atomic mass is 35.5. The Balaban J connectivity index is 1.53. The molecule has 0 aliphatic heterocycles. The zero-order valence-electron chi connectivity index (χ0n) is 20.0. The van der Waals surface area contributed by atoms with Gasteiger partial charge in [-0.2, -0.15) is 9.78 Å². The molecule has 196 valence electrons. The molecule has 0 aliphatic carbocycles. The zero-order chi connectivity index (χ0) is 27.5. The molecular formula is C27H18Cl3N5O3S. The largest absolute Gasteiger partial charge is 0.365 e. The number of rotatable bonds is 8. The van der Waals surface area contributed by atoms with Crippen LogP contribution in [0.1, 0.15) is 25.7 Å². The first-order chi connectivity index (χ1) is 18.8. The van der Waals surface area contributed by atoms with Crippen LogP contribution in [-0.2, 0) is 13.1 Å². The number of Topliss-reactive ketones (excluding diaryl/α,β-unsaturated/α-hetero) is 1. The van der Waals surface area contributed by atoms with Crippen LogP contribution >= 0.6 is 46.1 Å². The molecule has 0 amide bonds. The monoisotopic (exact) mass is 597 g/mol. The lowest BCUT2D eigenvalue weighted by molar-refractivity contribution is 0.0945. The average molecular weight is 599 g/mol. The molecule has 0 bridgehead atoms. The molecule has 5 aromatic rings.